The number of hydrogen-bond donors (Lipinski definition) is 1. The van der Waals surface area contributed by atoms with Gasteiger partial charge < -0.3 is 28.6 Å². The molecule has 148 valence electrons. The van der Waals surface area contributed by atoms with Crippen molar-refractivity contribution in [3.8, 4) is 28.5 Å². The van der Waals surface area contributed by atoms with Crippen LogP contribution in [-0.4, -0.2) is 37.7 Å². The van der Waals surface area contributed by atoms with Gasteiger partial charge >= 0.3 is 0 Å². The molecule has 1 fully saturated rings. The zero-order valence-electron chi connectivity index (χ0n) is 16.3. The summed E-state index contributed by atoms with van der Waals surface area (Å²) in [6.45, 7) is 5.19. The minimum absolute atomic E-state index is 0.0703. The van der Waals surface area contributed by atoms with Crippen molar-refractivity contribution in [2.75, 3.05) is 27.4 Å². The van der Waals surface area contributed by atoms with Gasteiger partial charge in [-0.15, -0.1) is 0 Å². The van der Waals surface area contributed by atoms with Crippen LogP contribution in [0.15, 0.2) is 34.9 Å². The van der Waals surface area contributed by atoms with Gasteiger partial charge in [0, 0.05) is 11.0 Å². The summed E-state index contributed by atoms with van der Waals surface area (Å²) >= 11 is 0. The number of phenols is 1. The summed E-state index contributed by atoms with van der Waals surface area (Å²) in [5.74, 6) is 0.826. The summed E-state index contributed by atoms with van der Waals surface area (Å²) in [5, 5.41) is 15.6. The number of aromatic nitrogens is 1. The van der Waals surface area contributed by atoms with Gasteiger partial charge in [-0.2, -0.15) is 0 Å². The van der Waals surface area contributed by atoms with Gasteiger partial charge in [-0.1, -0.05) is 31.1 Å². The first-order valence-electron chi connectivity index (χ1n) is 9.01. The van der Waals surface area contributed by atoms with E-state index in [9.17, 15) is 5.11 Å². The monoisotopic (exact) mass is 385 g/mol. The minimum Gasteiger partial charge on any atom is -0.504 e. The molecule has 4 rings (SSSR count). The number of ether oxygens (including phenoxy) is 4. The van der Waals surface area contributed by atoms with Crippen molar-refractivity contribution in [3.63, 3.8) is 0 Å². The van der Waals surface area contributed by atoms with Gasteiger partial charge in [0.15, 0.2) is 23.4 Å². The van der Waals surface area contributed by atoms with Crippen molar-refractivity contribution in [3.05, 3.63) is 35.9 Å². The lowest BCUT2D eigenvalue weighted by Crippen LogP contribution is -2.33. The van der Waals surface area contributed by atoms with Crippen molar-refractivity contribution in [1.29, 1.82) is 0 Å². The second-order valence-corrected chi connectivity index (χ2v) is 7.57. The molecule has 1 aromatic heterocycles. The van der Waals surface area contributed by atoms with Gasteiger partial charge in [0.05, 0.1) is 38.4 Å². The number of phenolic OH excluding ortho intramolecular Hbond substituents is 1. The van der Waals surface area contributed by atoms with Crippen molar-refractivity contribution < 1.29 is 28.6 Å². The molecule has 7 heteroatoms. The highest BCUT2D eigenvalue weighted by atomic mass is 16.7. The molecule has 0 amide bonds. The average Bonchev–Trinajstić information content (AvgIpc) is 3.12. The van der Waals surface area contributed by atoms with Gasteiger partial charge in [-0.05, 0) is 18.2 Å². The number of nitrogens with zero attached hydrogens (tertiary/aromatic N) is 1. The maximum absolute atomic E-state index is 11.0. The second kappa shape index (κ2) is 7.00. The minimum atomic E-state index is -0.655. The third-order valence-electron chi connectivity index (χ3n) is 4.79. The van der Waals surface area contributed by atoms with Crippen molar-refractivity contribution >= 4 is 11.0 Å². The fourth-order valence-corrected chi connectivity index (χ4v) is 3.37. The summed E-state index contributed by atoms with van der Waals surface area (Å²) < 4.78 is 28.2. The highest BCUT2D eigenvalue weighted by Gasteiger charge is 2.33. The molecule has 1 N–H and O–H groups in total. The predicted molar refractivity (Wildman–Crippen MR) is 103 cm³/mol. The number of aromatic hydroxyl groups is 1. The molecule has 0 radical (unpaired) electrons. The highest BCUT2D eigenvalue weighted by Crippen LogP contribution is 2.47. The molecule has 28 heavy (non-hydrogen) atoms. The Balaban J connectivity index is 1.84. The predicted octanol–water partition coefficient (Wildman–Crippen LogP) is 4.29. The van der Waals surface area contributed by atoms with E-state index in [4.69, 9.17) is 23.5 Å². The molecule has 2 heterocycles. The van der Waals surface area contributed by atoms with Gasteiger partial charge in [0.25, 0.3) is 0 Å². The normalized spacial score (nSPS) is 17.0. The third-order valence-corrected chi connectivity index (χ3v) is 4.79. The number of para-hydroxylation sites is 1. The number of hydrogen-bond acceptors (Lipinski definition) is 7. The Morgan fingerprint density at radius 3 is 2.50 bits per heavy atom. The van der Waals surface area contributed by atoms with Crippen LogP contribution in [0.4, 0.5) is 0 Å². The number of rotatable bonds is 4. The molecule has 0 aliphatic carbocycles. The van der Waals surface area contributed by atoms with Crippen molar-refractivity contribution in [2.24, 2.45) is 5.41 Å². The fourth-order valence-electron chi connectivity index (χ4n) is 3.37. The van der Waals surface area contributed by atoms with Crippen molar-refractivity contribution in [1.82, 2.24) is 5.16 Å². The molecule has 1 saturated heterocycles. The molecule has 0 bridgehead atoms. The molecule has 0 saturated carbocycles. The number of methoxy groups -OCH3 is 2. The van der Waals surface area contributed by atoms with Crippen LogP contribution in [0.25, 0.3) is 22.2 Å². The van der Waals surface area contributed by atoms with E-state index in [0.717, 1.165) is 0 Å². The maximum atomic E-state index is 11.0. The van der Waals surface area contributed by atoms with Crippen LogP contribution in [0.5, 0.6) is 17.2 Å². The standard InChI is InChI=1S/C21H23NO6/c1-21(2)10-26-20(27-11-21)13-9-15-16(18(23)19(13)25-4)17(22-28-15)12-7-5-6-8-14(12)24-3/h5-9,20,23H,10-11H2,1-4H3. The van der Waals surface area contributed by atoms with Crippen LogP contribution in [0.2, 0.25) is 0 Å². The SMILES string of the molecule is COc1ccccc1-c1noc2cc(C3OCC(C)(C)CO3)c(OC)c(O)c12. The average molecular weight is 385 g/mol. The Bertz CT molecular complexity index is 1000. The summed E-state index contributed by atoms with van der Waals surface area (Å²) in [6, 6.07) is 9.15. The molecule has 0 unspecified atom stereocenters. The van der Waals surface area contributed by atoms with E-state index in [1.54, 1.807) is 13.2 Å². The fraction of sp³-hybridized carbons (Fsp3) is 0.381. The van der Waals surface area contributed by atoms with Crippen LogP contribution >= 0.6 is 0 Å². The topological polar surface area (TPSA) is 83.2 Å². The first-order valence-corrected chi connectivity index (χ1v) is 9.01. The Morgan fingerprint density at radius 1 is 1.11 bits per heavy atom. The van der Waals surface area contributed by atoms with Crippen LogP contribution in [0.3, 0.4) is 0 Å². The Morgan fingerprint density at radius 2 is 1.82 bits per heavy atom. The third kappa shape index (κ3) is 3.06. The lowest BCUT2D eigenvalue weighted by Gasteiger charge is -2.35. The van der Waals surface area contributed by atoms with Gasteiger partial charge in [-0.3, -0.25) is 0 Å². The molecule has 7 nitrogen and oxygen atoms in total. The molecule has 1 aliphatic heterocycles. The largest absolute Gasteiger partial charge is 0.504 e. The van der Waals surface area contributed by atoms with Gasteiger partial charge in [0.1, 0.15) is 11.4 Å². The van der Waals surface area contributed by atoms with E-state index in [0.29, 0.717) is 46.8 Å². The molecular weight excluding hydrogens is 362 g/mol. The molecule has 2 aromatic carbocycles. The van der Waals surface area contributed by atoms with E-state index in [-0.39, 0.29) is 16.9 Å². The van der Waals surface area contributed by atoms with Gasteiger partial charge in [0.2, 0.25) is 0 Å². The first kappa shape index (κ1) is 18.6. The lowest BCUT2D eigenvalue weighted by molar-refractivity contribution is -0.226. The van der Waals surface area contributed by atoms with E-state index in [1.165, 1.54) is 7.11 Å². The molecular formula is C21H23NO6. The molecule has 1 aliphatic rings. The van der Waals surface area contributed by atoms with Gasteiger partial charge in [-0.25, -0.2) is 0 Å². The number of benzene rings is 2. The van der Waals surface area contributed by atoms with E-state index in [1.807, 2.05) is 24.3 Å². The van der Waals surface area contributed by atoms with Crippen LogP contribution < -0.4 is 9.47 Å². The second-order valence-electron chi connectivity index (χ2n) is 7.57. The summed E-state index contributed by atoms with van der Waals surface area (Å²) in [6.07, 6.45) is -0.655. The first-order chi connectivity index (χ1) is 13.4. The van der Waals surface area contributed by atoms with Crippen LogP contribution in [0.1, 0.15) is 25.7 Å². The van der Waals surface area contributed by atoms with E-state index < -0.39 is 6.29 Å². The lowest BCUT2D eigenvalue weighted by atomic mass is 9.95. The zero-order valence-corrected chi connectivity index (χ0v) is 16.3. The highest BCUT2D eigenvalue weighted by molar-refractivity contribution is 5.99. The summed E-state index contributed by atoms with van der Waals surface area (Å²) in [5.41, 5.74) is 2.08. The van der Waals surface area contributed by atoms with Crippen molar-refractivity contribution in [2.45, 2.75) is 20.1 Å². The smallest absolute Gasteiger partial charge is 0.187 e. The Hall–Kier alpha value is -2.77. The quantitative estimate of drug-likeness (QED) is 0.717. The molecule has 0 atom stereocenters. The number of fused-ring (bicyclic) bond motifs is 1. The maximum Gasteiger partial charge on any atom is 0.187 e. The van der Waals surface area contributed by atoms with E-state index >= 15 is 0 Å². The zero-order chi connectivity index (χ0) is 19.9. The molecule has 0 spiro atoms. The van der Waals surface area contributed by atoms with Crippen LogP contribution in [-0.2, 0) is 9.47 Å². The van der Waals surface area contributed by atoms with Crippen LogP contribution in [0, 0.1) is 5.41 Å². The summed E-state index contributed by atoms with van der Waals surface area (Å²) in [7, 11) is 3.08. The summed E-state index contributed by atoms with van der Waals surface area (Å²) in [4.78, 5) is 0. The molecule has 3 aromatic rings. The Labute approximate surface area is 162 Å². The van der Waals surface area contributed by atoms with E-state index in [2.05, 4.69) is 19.0 Å². The Kier molecular flexibility index (Phi) is 4.64.